The van der Waals surface area contributed by atoms with Gasteiger partial charge in [0, 0.05) is 36.8 Å². The molecule has 9 heteroatoms. The summed E-state index contributed by atoms with van der Waals surface area (Å²) in [5.41, 5.74) is 0.437. The second-order valence-corrected chi connectivity index (χ2v) is 9.32. The van der Waals surface area contributed by atoms with Crippen molar-refractivity contribution in [3.63, 3.8) is 0 Å². The maximum Gasteiger partial charge on any atom is 0.254 e. The monoisotopic (exact) mass is 436 g/mol. The summed E-state index contributed by atoms with van der Waals surface area (Å²) in [6.07, 6.45) is 1.58. The predicted octanol–water partition coefficient (Wildman–Crippen LogP) is 2.79. The van der Waals surface area contributed by atoms with Crippen molar-refractivity contribution in [3.8, 4) is 0 Å². The highest BCUT2D eigenvalue weighted by Gasteiger charge is 2.35. The number of hydrogen-bond donors (Lipinski definition) is 0. The highest BCUT2D eigenvalue weighted by molar-refractivity contribution is 7.89. The van der Waals surface area contributed by atoms with Crippen LogP contribution >= 0.6 is 0 Å². The molecule has 160 valence electrons. The van der Waals surface area contributed by atoms with Crippen molar-refractivity contribution in [1.29, 1.82) is 0 Å². The number of amides is 1. The van der Waals surface area contributed by atoms with Crippen molar-refractivity contribution in [2.24, 2.45) is 0 Å². The topological polar surface area (TPSA) is 66.9 Å². The summed E-state index contributed by atoms with van der Waals surface area (Å²) in [6.45, 7) is 0.789. The minimum atomic E-state index is -4.10. The Labute approximate surface area is 174 Å². The summed E-state index contributed by atoms with van der Waals surface area (Å²) >= 11 is 0. The Morgan fingerprint density at radius 1 is 1.07 bits per heavy atom. The van der Waals surface area contributed by atoms with Crippen LogP contribution in [0.2, 0.25) is 0 Å². The average molecular weight is 436 g/mol. The number of morpholine rings is 1. The van der Waals surface area contributed by atoms with Gasteiger partial charge in [0.05, 0.1) is 13.2 Å². The van der Waals surface area contributed by atoms with Gasteiger partial charge in [0.1, 0.15) is 16.5 Å². The fourth-order valence-corrected chi connectivity index (χ4v) is 4.99. The number of halogens is 2. The highest BCUT2D eigenvalue weighted by atomic mass is 32.2. The third-order valence-electron chi connectivity index (χ3n) is 5.31. The second kappa shape index (κ2) is 8.41. The molecule has 1 saturated heterocycles. The molecule has 1 aliphatic carbocycles. The Morgan fingerprint density at radius 2 is 1.77 bits per heavy atom. The highest BCUT2D eigenvalue weighted by Crippen LogP contribution is 2.31. The van der Waals surface area contributed by atoms with Crippen molar-refractivity contribution in [2.75, 3.05) is 26.3 Å². The van der Waals surface area contributed by atoms with Crippen LogP contribution < -0.4 is 0 Å². The lowest BCUT2D eigenvalue weighted by atomic mass is 10.1. The largest absolute Gasteiger partial charge is 0.379 e. The van der Waals surface area contributed by atoms with Gasteiger partial charge in [-0.1, -0.05) is 18.2 Å². The van der Waals surface area contributed by atoms with Gasteiger partial charge in [-0.2, -0.15) is 4.31 Å². The van der Waals surface area contributed by atoms with Gasteiger partial charge in [0.15, 0.2) is 0 Å². The molecule has 2 aromatic carbocycles. The molecule has 30 heavy (non-hydrogen) atoms. The number of carbonyl (C=O) groups excluding carboxylic acids is 1. The van der Waals surface area contributed by atoms with Gasteiger partial charge >= 0.3 is 0 Å². The molecule has 1 heterocycles. The van der Waals surface area contributed by atoms with Crippen LogP contribution in [-0.2, 0) is 21.3 Å². The Balaban J connectivity index is 1.63. The lowest BCUT2D eigenvalue weighted by Gasteiger charge is -2.27. The van der Waals surface area contributed by atoms with Crippen LogP contribution in [0.25, 0.3) is 0 Å². The molecule has 1 aliphatic heterocycles. The van der Waals surface area contributed by atoms with Crippen LogP contribution in [0.4, 0.5) is 8.78 Å². The van der Waals surface area contributed by atoms with E-state index in [9.17, 15) is 22.0 Å². The summed E-state index contributed by atoms with van der Waals surface area (Å²) < 4.78 is 60.6. The molecular weight excluding hydrogens is 414 g/mol. The predicted molar refractivity (Wildman–Crippen MR) is 105 cm³/mol. The Hall–Kier alpha value is -2.36. The molecule has 0 radical (unpaired) electrons. The molecule has 2 aromatic rings. The Bertz CT molecular complexity index is 1050. The van der Waals surface area contributed by atoms with Crippen LogP contribution in [-0.4, -0.2) is 55.9 Å². The zero-order chi connectivity index (χ0) is 21.3. The number of hydrogen-bond acceptors (Lipinski definition) is 4. The lowest BCUT2D eigenvalue weighted by molar-refractivity contribution is 0.0723. The van der Waals surface area contributed by atoms with Crippen molar-refractivity contribution >= 4 is 15.9 Å². The fourth-order valence-electron chi connectivity index (χ4n) is 3.49. The number of benzene rings is 2. The normalized spacial score (nSPS) is 17.7. The first-order valence-corrected chi connectivity index (χ1v) is 11.2. The molecule has 0 spiro atoms. The van der Waals surface area contributed by atoms with Crippen molar-refractivity contribution in [3.05, 3.63) is 65.2 Å². The molecule has 1 saturated carbocycles. The molecule has 0 aromatic heterocycles. The van der Waals surface area contributed by atoms with Crippen LogP contribution in [0, 0.1) is 11.6 Å². The van der Waals surface area contributed by atoms with E-state index < -0.39 is 32.5 Å². The number of sulfonamides is 1. The molecule has 4 rings (SSSR count). The van der Waals surface area contributed by atoms with Crippen LogP contribution in [0.1, 0.15) is 28.8 Å². The van der Waals surface area contributed by atoms with Gasteiger partial charge in [0.2, 0.25) is 10.0 Å². The first-order valence-electron chi connectivity index (χ1n) is 9.80. The van der Waals surface area contributed by atoms with E-state index in [-0.39, 0.29) is 44.5 Å². The lowest BCUT2D eigenvalue weighted by Crippen LogP contribution is -2.41. The van der Waals surface area contributed by atoms with Gasteiger partial charge in [-0.25, -0.2) is 17.2 Å². The summed E-state index contributed by atoms with van der Waals surface area (Å²) in [7, 11) is -4.10. The zero-order valence-corrected chi connectivity index (χ0v) is 17.1. The molecule has 0 unspecified atom stereocenters. The van der Waals surface area contributed by atoms with E-state index >= 15 is 0 Å². The Morgan fingerprint density at radius 3 is 2.43 bits per heavy atom. The standard InChI is InChI=1S/C21H22F2N2O4S/c22-18-4-2-1-3-16(18)14-25(17-6-7-17)21(26)15-5-8-19(23)20(13-15)30(27,28)24-9-11-29-12-10-24/h1-5,8,13,17H,6-7,9-12,14H2. The van der Waals surface area contributed by atoms with Crippen molar-refractivity contribution in [2.45, 2.75) is 30.3 Å². The van der Waals surface area contributed by atoms with E-state index in [4.69, 9.17) is 4.74 Å². The van der Waals surface area contributed by atoms with Gasteiger partial charge in [0.25, 0.3) is 5.91 Å². The van der Waals surface area contributed by atoms with Crippen LogP contribution in [0.15, 0.2) is 47.4 Å². The molecule has 2 fully saturated rings. The van der Waals surface area contributed by atoms with E-state index in [0.717, 1.165) is 29.3 Å². The minimum absolute atomic E-state index is 0.0403. The first-order chi connectivity index (χ1) is 14.4. The molecule has 0 atom stereocenters. The third-order valence-corrected chi connectivity index (χ3v) is 7.23. The molecule has 1 amide bonds. The molecular formula is C21H22F2N2O4S. The van der Waals surface area contributed by atoms with E-state index in [1.54, 1.807) is 18.2 Å². The summed E-state index contributed by atoms with van der Waals surface area (Å²) in [4.78, 5) is 14.2. The number of nitrogens with zero attached hydrogens (tertiary/aromatic N) is 2. The van der Waals surface area contributed by atoms with Gasteiger partial charge in [-0.05, 0) is 37.1 Å². The van der Waals surface area contributed by atoms with Crippen LogP contribution in [0.5, 0.6) is 0 Å². The molecule has 0 bridgehead atoms. The van der Waals surface area contributed by atoms with E-state index in [1.165, 1.54) is 17.0 Å². The molecule has 2 aliphatic rings. The summed E-state index contributed by atoms with van der Waals surface area (Å²) in [5.74, 6) is -1.77. The number of rotatable bonds is 6. The number of carbonyl (C=O) groups is 1. The van der Waals surface area contributed by atoms with E-state index in [2.05, 4.69) is 0 Å². The van der Waals surface area contributed by atoms with Crippen molar-refractivity contribution < 1.29 is 26.7 Å². The van der Waals surface area contributed by atoms with E-state index in [0.29, 0.717) is 5.56 Å². The maximum atomic E-state index is 14.4. The maximum absolute atomic E-state index is 14.4. The summed E-state index contributed by atoms with van der Waals surface area (Å²) in [6, 6.07) is 9.51. The number of ether oxygens (including phenoxy) is 1. The molecule has 0 N–H and O–H groups in total. The minimum Gasteiger partial charge on any atom is -0.379 e. The van der Waals surface area contributed by atoms with Gasteiger partial charge in [-0.3, -0.25) is 4.79 Å². The van der Waals surface area contributed by atoms with Gasteiger partial charge in [-0.15, -0.1) is 0 Å². The second-order valence-electron chi connectivity index (χ2n) is 7.42. The zero-order valence-electron chi connectivity index (χ0n) is 16.3. The third kappa shape index (κ3) is 4.23. The Kier molecular flexibility index (Phi) is 5.86. The SMILES string of the molecule is O=C(c1ccc(F)c(S(=O)(=O)N2CCOCC2)c1)N(Cc1ccccc1F)C1CC1. The smallest absolute Gasteiger partial charge is 0.254 e. The van der Waals surface area contributed by atoms with Gasteiger partial charge < -0.3 is 9.64 Å². The first kappa shape index (κ1) is 20.9. The fraction of sp³-hybridized carbons (Fsp3) is 0.381. The van der Waals surface area contributed by atoms with Crippen LogP contribution in [0.3, 0.4) is 0 Å². The summed E-state index contributed by atoms with van der Waals surface area (Å²) in [5, 5.41) is 0. The van der Waals surface area contributed by atoms with Crippen molar-refractivity contribution in [1.82, 2.24) is 9.21 Å². The molecule has 6 nitrogen and oxygen atoms in total. The average Bonchev–Trinajstić information content (AvgIpc) is 3.59. The van der Waals surface area contributed by atoms with E-state index in [1.807, 2.05) is 0 Å². The quantitative estimate of drug-likeness (QED) is 0.699.